The molecule has 0 radical (unpaired) electrons. The first kappa shape index (κ1) is 16.2. The van der Waals surface area contributed by atoms with Gasteiger partial charge in [-0.25, -0.2) is 4.39 Å². The van der Waals surface area contributed by atoms with Crippen molar-refractivity contribution in [2.75, 3.05) is 12.4 Å². The van der Waals surface area contributed by atoms with Gasteiger partial charge in [-0.05, 0) is 30.8 Å². The third kappa shape index (κ3) is 3.70. The summed E-state index contributed by atoms with van der Waals surface area (Å²) < 4.78 is 20.7. The molecule has 22 heavy (non-hydrogen) atoms. The van der Waals surface area contributed by atoms with Crippen LogP contribution in [0, 0.1) is 10.6 Å². The van der Waals surface area contributed by atoms with E-state index in [9.17, 15) is 9.18 Å². The number of halogens is 1. The van der Waals surface area contributed by atoms with Crippen molar-refractivity contribution < 1.29 is 13.9 Å². The van der Waals surface area contributed by atoms with Crippen LogP contribution >= 0.6 is 12.2 Å². The molecular weight excluding hydrogens is 307 g/mol. The molecule has 0 unspecified atom stereocenters. The van der Waals surface area contributed by atoms with E-state index in [1.165, 1.54) is 25.3 Å². The molecule has 1 amide bonds. The molecule has 2 rings (SSSR count). The van der Waals surface area contributed by atoms with E-state index in [0.717, 1.165) is 6.42 Å². The number of carbonyl (C=O) groups is 1. The van der Waals surface area contributed by atoms with Crippen molar-refractivity contribution >= 4 is 23.8 Å². The zero-order valence-corrected chi connectivity index (χ0v) is 13.2. The number of aromatic amines is 1. The minimum Gasteiger partial charge on any atom is -0.497 e. The molecule has 2 N–H and O–H groups in total. The lowest BCUT2D eigenvalue weighted by atomic mass is 10.3. The van der Waals surface area contributed by atoms with E-state index < -0.39 is 5.82 Å². The number of aryl methyl sites for hydroxylation is 1. The van der Waals surface area contributed by atoms with Crippen molar-refractivity contribution in [2.45, 2.75) is 26.3 Å². The highest BCUT2D eigenvalue weighted by atomic mass is 32.1. The number of rotatable bonds is 6. The maximum Gasteiger partial charge on any atom is 0.244 e. The van der Waals surface area contributed by atoms with Gasteiger partial charge in [-0.3, -0.25) is 14.5 Å². The van der Waals surface area contributed by atoms with Gasteiger partial charge in [-0.1, -0.05) is 6.92 Å². The Morgan fingerprint density at radius 1 is 1.55 bits per heavy atom. The number of ether oxygens (including phenoxy) is 1. The van der Waals surface area contributed by atoms with Crippen LogP contribution in [0.5, 0.6) is 5.75 Å². The fourth-order valence-corrected chi connectivity index (χ4v) is 2.20. The van der Waals surface area contributed by atoms with Gasteiger partial charge in [-0.2, -0.15) is 5.10 Å². The Morgan fingerprint density at radius 3 is 3.00 bits per heavy atom. The molecule has 0 saturated heterocycles. The van der Waals surface area contributed by atoms with Crippen LogP contribution in [0.3, 0.4) is 0 Å². The minimum absolute atomic E-state index is 0.0265. The van der Waals surface area contributed by atoms with Gasteiger partial charge in [0.2, 0.25) is 5.91 Å². The maximum atomic E-state index is 13.7. The molecule has 6 nitrogen and oxygen atoms in total. The number of anilines is 1. The molecular formula is C14H17FN4O2S. The first-order valence-corrected chi connectivity index (χ1v) is 7.23. The highest BCUT2D eigenvalue weighted by molar-refractivity contribution is 7.71. The second kappa shape index (κ2) is 7.17. The summed E-state index contributed by atoms with van der Waals surface area (Å²) in [6, 6.07) is 4.14. The Morgan fingerprint density at radius 2 is 2.32 bits per heavy atom. The van der Waals surface area contributed by atoms with Crippen LogP contribution in [-0.2, 0) is 17.8 Å². The first-order valence-electron chi connectivity index (χ1n) is 6.82. The molecule has 118 valence electrons. The molecule has 1 heterocycles. The Hall–Kier alpha value is -2.22. The quantitative estimate of drug-likeness (QED) is 0.801. The predicted octanol–water partition coefficient (Wildman–Crippen LogP) is 2.68. The summed E-state index contributed by atoms with van der Waals surface area (Å²) in [5.74, 6) is 0.248. The summed E-state index contributed by atoms with van der Waals surface area (Å²) in [4.78, 5) is 12.1. The van der Waals surface area contributed by atoms with Crippen molar-refractivity contribution in [3.63, 3.8) is 0 Å². The molecule has 0 aliphatic rings. The van der Waals surface area contributed by atoms with Crippen molar-refractivity contribution in [1.82, 2.24) is 14.8 Å². The molecule has 0 bridgehead atoms. The lowest BCUT2D eigenvalue weighted by Crippen LogP contribution is -2.21. The molecule has 0 atom stereocenters. The molecule has 0 aliphatic heterocycles. The third-order valence-corrected chi connectivity index (χ3v) is 3.37. The molecule has 1 aromatic heterocycles. The van der Waals surface area contributed by atoms with Gasteiger partial charge in [0.15, 0.2) is 4.77 Å². The second-order valence-corrected chi connectivity index (χ2v) is 5.06. The topological polar surface area (TPSA) is 71.9 Å². The Labute approximate surface area is 132 Å². The number of methoxy groups -OCH3 is 1. The van der Waals surface area contributed by atoms with Gasteiger partial charge in [0, 0.05) is 12.5 Å². The number of aromatic nitrogens is 3. The van der Waals surface area contributed by atoms with Crippen LogP contribution in [0.15, 0.2) is 18.2 Å². The summed E-state index contributed by atoms with van der Waals surface area (Å²) in [5.41, 5.74) is 0.0661. The van der Waals surface area contributed by atoms with Crippen molar-refractivity contribution in [3.05, 3.63) is 34.6 Å². The molecule has 1 aromatic carbocycles. The van der Waals surface area contributed by atoms with E-state index in [-0.39, 0.29) is 18.1 Å². The highest BCUT2D eigenvalue weighted by Crippen LogP contribution is 2.21. The van der Waals surface area contributed by atoms with Gasteiger partial charge in [0.25, 0.3) is 0 Å². The molecule has 0 aliphatic carbocycles. The lowest BCUT2D eigenvalue weighted by Gasteiger charge is -2.10. The largest absolute Gasteiger partial charge is 0.497 e. The summed E-state index contributed by atoms with van der Waals surface area (Å²) in [5, 5.41) is 9.26. The number of nitrogens with zero attached hydrogens (tertiary/aromatic N) is 2. The number of H-pyrrole nitrogens is 1. The molecule has 0 saturated carbocycles. The van der Waals surface area contributed by atoms with E-state index >= 15 is 0 Å². The number of nitrogens with one attached hydrogen (secondary N) is 2. The zero-order valence-electron chi connectivity index (χ0n) is 12.4. The number of hydrogen-bond acceptors (Lipinski definition) is 4. The standard InChI is InChI=1S/C14H17FN4O2S/c1-3-4-12-17-18-14(22)19(12)8-13(20)16-11-7-9(21-2)5-6-10(11)15/h5-7H,3-4,8H2,1-2H3,(H,16,20)(H,18,22). The fourth-order valence-electron chi connectivity index (χ4n) is 1.99. The second-order valence-electron chi connectivity index (χ2n) is 4.68. The van der Waals surface area contributed by atoms with E-state index in [2.05, 4.69) is 15.5 Å². The average molecular weight is 324 g/mol. The maximum absolute atomic E-state index is 13.7. The number of carbonyl (C=O) groups excluding carboxylic acids is 1. The van der Waals surface area contributed by atoms with Crippen LogP contribution in [0.2, 0.25) is 0 Å². The first-order chi connectivity index (χ1) is 10.5. The number of hydrogen-bond donors (Lipinski definition) is 2. The normalized spacial score (nSPS) is 10.5. The van der Waals surface area contributed by atoms with E-state index in [4.69, 9.17) is 17.0 Å². The lowest BCUT2D eigenvalue weighted by molar-refractivity contribution is -0.116. The van der Waals surface area contributed by atoms with Crippen LogP contribution < -0.4 is 10.1 Å². The number of benzene rings is 1. The smallest absolute Gasteiger partial charge is 0.244 e. The van der Waals surface area contributed by atoms with Gasteiger partial charge in [0.1, 0.15) is 23.9 Å². The number of amides is 1. The van der Waals surface area contributed by atoms with Crippen LogP contribution in [0.1, 0.15) is 19.2 Å². The Kier molecular flexibility index (Phi) is 5.26. The van der Waals surface area contributed by atoms with Crippen LogP contribution in [0.4, 0.5) is 10.1 Å². The van der Waals surface area contributed by atoms with Gasteiger partial charge in [-0.15, -0.1) is 0 Å². The van der Waals surface area contributed by atoms with E-state index in [1.807, 2.05) is 6.92 Å². The van der Waals surface area contributed by atoms with Crippen molar-refractivity contribution in [1.29, 1.82) is 0 Å². The zero-order chi connectivity index (χ0) is 16.1. The van der Waals surface area contributed by atoms with Gasteiger partial charge < -0.3 is 10.1 Å². The van der Waals surface area contributed by atoms with Crippen molar-refractivity contribution in [2.24, 2.45) is 0 Å². The average Bonchev–Trinajstić information content (AvgIpc) is 2.83. The molecule has 8 heteroatoms. The summed E-state index contributed by atoms with van der Waals surface area (Å²) >= 11 is 5.11. The minimum atomic E-state index is -0.529. The molecule has 0 spiro atoms. The summed E-state index contributed by atoms with van der Waals surface area (Å²) in [7, 11) is 1.47. The highest BCUT2D eigenvalue weighted by Gasteiger charge is 2.12. The Balaban J connectivity index is 2.14. The third-order valence-electron chi connectivity index (χ3n) is 3.06. The van der Waals surface area contributed by atoms with Crippen LogP contribution in [-0.4, -0.2) is 27.8 Å². The Bertz CT molecular complexity index is 726. The van der Waals surface area contributed by atoms with Gasteiger partial charge >= 0.3 is 0 Å². The van der Waals surface area contributed by atoms with E-state index in [1.54, 1.807) is 4.57 Å². The molecule has 0 fully saturated rings. The monoisotopic (exact) mass is 324 g/mol. The van der Waals surface area contributed by atoms with E-state index in [0.29, 0.717) is 22.8 Å². The summed E-state index contributed by atoms with van der Waals surface area (Å²) in [6.45, 7) is 1.98. The summed E-state index contributed by atoms with van der Waals surface area (Å²) in [6.07, 6.45) is 1.58. The fraction of sp³-hybridized carbons (Fsp3) is 0.357. The van der Waals surface area contributed by atoms with Crippen LogP contribution in [0.25, 0.3) is 0 Å². The SMILES string of the molecule is CCCc1n[nH]c(=S)n1CC(=O)Nc1cc(OC)ccc1F. The van der Waals surface area contributed by atoms with Gasteiger partial charge in [0.05, 0.1) is 12.8 Å². The predicted molar refractivity (Wildman–Crippen MR) is 83.0 cm³/mol. The molecule has 2 aromatic rings. The van der Waals surface area contributed by atoms with Crippen molar-refractivity contribution in [3.8, 4) is 5.75 Å².